The van der Waals surface area contributed by atoms with E-state index in [1.807, 2.05) is 57.1 Å². The molecule has 3 rings (SSSR count). The minimum atomic E-state index is -3.76. The molecule has 0 aliphatic heterocycles. The number of hydrogen-bond donors (Lipinski definition) is 1. The molecule has 0 radical (unpaired) electrons. The average Bonchev–Trinajstić information content (AvgIpc) is 3.01. The average molecular weight is 377 g/mol. The van der Waals surface area contributed by atoms with Gasteiger partial charge in [-0.2, -0.15) is 4.37 Å². The minimum absolute atomic E-state index is 0.148. The SMILES string of the molecule is CC(C)c1nsc(NS(=O)(=O)c2cccc3c(N(C)C)cccc23)n1. The predicted octanol–water partition coefficient (Wildman–Crippen LogP) is 3.68. The molecule has 0 fully saturated rings. The number of rotatable bonds is 5. The molecule has 6 nitrogen and oxygen atoms in total. The number of fused-ring (bicyclic) bond motifs is 1. The quantitative estimate of drug-likeness (QED) is 0.735. The van der Waals surface area contributed by atoms with Gasteiger partial charge in [0, 0.05) is 48.0 Å². The molecule has 0 aliphatic rings. The molecule has 1 heterocycles. The van der Waals surface area contributed by atoms with Crippen LogP contribution in [0.4, 0.5) is 10.8 Å². The van der Waals surface area contributed by atoms with Crippen LogP contribution in [0.15, 0.2) is 41.3 Å². The van der Waals surface area contributed by atoms with Gasteiger partial charge in [-0.25, -0.2) is 13.4 Å². The first-order valence-electron chi connectivity index (χ1n) is 7.85. The van der Waals surface area contributed by atoms with E-state index in [0.717, 1.165) is 22.6 Å². The van der Waals surface area contributed by atoms with Crippen molar-refractivity contribution in [3.05, 3.63) is 42.2 Å². The Balaban J connectivity index is 2.06. The van der Waals surface area contributed by atoms with Gasteiger partial charge in [0.05, 0.1) is 4.90 Å². The van der Waals surface area contributed by atoms with Crippen LogP contribution in [0.5, 0.6) is 0 Å². The summed E-state index contributed by atoms with van der Waals surface area (Å²) in [5, 5.41) is 1.84. The first kappa shape index (κ1) is 17.6. The third-order valence-electron chi connectivity index (χ3n) is 3.81. The highest BCUT2D eigenvalue weighted by atomic mass is 32.2. The second-order valence-corrected chi connectivity index (χ2v) is 8.64. The zero-order valence-corrected chi connectivity index (χ0v) is 16.1. The van der Waals surface area contributed by atoms with Crippen LogP contribution in [0.1, 0.15) is 25.6 Å². The fourth-order valence-electron chi connectivity index (χ4n) is 2.57. The Hall–Kier alpha value is -2.19. The number of benzene rings is 2. The van der Waals surface area contributed by atoms with E-state index >= 15 is 0 Å². The Morgan fingerprint density at radius 3 is 2.40 bits per heavy atom. The van der Waals surface area contributed by atoms with Gasteiger partial charge in [-0.15, -0.1) is 0 Å². The second kappa shape index (κ2) is 6.61. The molecule has 0 atom stereocenters. The van der Waals surface area contributed by atoms with Crippen LogP contribution < -0.4 is 9.62 Å². The Bertz CT molecular complexity index is 1010. The summed E-state index contributed by atoms with van der Waals surface area (Å²) in [5.41, 5.74) is 0.965. The lowest BCUT2D eigenvalue weighted by Gasteiger charge is -2.17. The lowest BCUT2D eigenvalue weighted by molar-refractivity contribution is 0.602. The van der Waals surface area contributed by atoms with Gasteiger partial charge >= 0.3 is 0 Å². The topological polar surface area (TPSA) is 75.2 Å². The molecule has 0 aliphatic carbocycles. The van der Waals surface area contributed by atoms with Crippen LogP contribution in [0.25, 0.3) is 10.8 Å². The molecule has 1 N–H and O–H groups in total. The van der Waals surface area contributed by atoms with Crippen molar-refractivity contribution in [2.75, 3.05) is 23.7 Å². The molecular weight excluding hydrogens is 356 g/mol. The normalized spacial score (nSPS) is 11.9. The van der Waals surface area contributed by atoms with Gasteiger partial charge in [-0.05, 0) is 12.1 Å². The zero-order valence-electron chi connectivity index (χ0n) is 14.5. The van der Waals surface area contributed by atoms with Crippen LogP contribution in [-0.4, -0.2) is 31.9 Å². The summed E-state index contributed by atoms with van der Waals surface area (Å²) in [6, 6.07) is 10.9. The summed E-state index contributed by atoms with van der Waals surface area (Å²) in [7, 11) is 0.111. The highest BCUT2D eigenvalue weighted by Crippen LogP contribution is 2.31. The van der Waals surface area contributed by atoms with Gasteiger partial charge in [-0.1, -0.05) is 38.1 Å². The van der Waals surface area contributed by atoms with Gasteiger partial charge in [0.2, 0.25) is 5.13 Å². The Morgan fingerprint density at radius 2 is 1.76 bits per heavy atom. The molecule has 0 saturated heterocycles. The van der Waals surface area contributed by atoms with Crippen molar-refractivity contribution in [3.8, 4) is 0 Å². The van der Waals surface area contributed by atoms with Crippen molar-refractivity contribution in [3.63, 3.8) is 0 Å². The van der Waals surface area contributed by atoms with E-state index in [1.165, 1.54) is 0 Å². The fraction of sp³-hybridized carbons (Fsp3) is 0.294. The molecule has 8 heteroatoms. The number of aromatic nitrogens is 2. The first-order valence-corrected chi connectivity index (χ1v) is 10.1. The molecule has 132 valence electrons. The summed E-state index contributed by atoms with van der Waals surface area (Å²) in [5.74, 6) is 0.783. The summed E-state index contributed by atoms with van der Waals surface area (Å²) in [6.45, 7) is 3.93. The monoisotopic (exact) mass is 376 g/mol. The maximum absolute atomic E-state index is 12.9. The van der Waals surface area contributed by atoms with Crippen molar-refractivity contribution >= 4 is 43.1 Å². The maximum atomic E-state index is 12.9. The smallest absolute Gasteiger partial charge is 0.264 e. The maximum Gasteiger partial charge on any atom is 0.264 e. The van der Waals surface area contributed by atoms with Gasteiger partial charge in [0.25, 0.3) is 10.0 Å². The predicted molar refractivity (Wildman–Crippen MR) is 103 cm³/mol. The Morgan fingerprint density at radius 1 is 1.08 bits per heavy atom. The summed E-state index contributed by atoms with van der Waals surface area (Å²) >= 11 is 1.05. The summed E-state index contributed by atoms with van der Waals surface area (Å²) in [4.78, 5) is 6.45. The molecule has 3 aromatic rings. The molecule has 0 unspecified atom stereocenters. The van der Waals surface area contributed by atoms with E-state index in [-0.39, 0.29) is 15.9 Å². The molecule has 25 heavy (non-hydrogen) atoms. The van der Waals surface area contributed by atoms with Gasteiger partial charge in [0.1, 0.15) is 5.82 Å². The number of sulfonamides is 1. The molecule has 0 amide bonds. The van der Waals surface area contributed by atoms with Crippen molar-refractivity contribution < 1.29 is 8.42 Å². The van der Waals surface area contributed by atoms with Crippen LogP contribution in [0, 0.1) is 0 Å². The lowest BCUT2D eigenvalue weighted by Crippen LogP contribution is -2.14. The van der Waals surface area contributed by atoms with E-state index in [0.29, 0.717) is 11.2 Å². The van der Waals surface area contributed by atoms with Gasteiger partial charge < -0.3 is 4.90 Å². The first-order chi connectivity index (χ1) is 11.8. The van der Waals surface area contributed by atoms with Crippen molar-refractivity contribution in [2.24, 2.45) is 0 Å². The highest BCUT2D eigenvalue weighted by molar-refractivity contribution is 7.93. The molecule has 0 bridgehead atoms. The molecule has 0 spiro atoms. The van der Waals surface area contributed by atoms with E-state index in [9.17, 15) is 8.42 Å². The molecule has 0 saturated carbocycles. The fourth-order valence-corrected chi connectivity index (χ4v) is 4.72. The lowest BCUT2D eigenvalue weighted by atomic mass is 10.1. The zero-order chi connectivity index (χ0) is 18.2. The molecule has 1 aromatic heterocycles. The number of nitrogens with zero attached hydrogens (tertiary/aromatic N) is 3. The largest absolute Gasteiger partial charge is 0.377 e. The van der Waals surface area contributed by atoms with E-state index in [1.54, 1.807) is 12.1 Å². The van der Waals surface area contributed by atoms with E-state index in [2.05, 4.69) is 14.1 Å². The van der Waals surface area contributed by atoms with Gasteiger partial charge in [-0.3, -0.25) is 4.72 Å². The summed E-state index contributed by atoms with van der Waals surface area (Å²) < 4.78 is 32.5. The van der Waals surface area contributed by atoms with Crippen molar-refractivity contribution in [1.82, 2.24) is 9.36 Å². The minimum Gasteiger partial charge on any atom is -0.377 e. The number of nitrogens with one attached hydrogen (secondary N) is 1. The highest BCUT2D eigenvalue weighted by Gasteiger charge is 2.20. The second-order valence-electron chi connectivity index (χ2n) is 6.24. The third kappa shape index (κ3) is 3.45. The van der Waals surface area contributed by atoms with Crippen LogP contribution in [0.2, 0.25) is 0 Å². The van der Waals surface area contributed by atoms with E-state index in [4.69, 9.17) is 0 Å². The number of anilines is 2. The van der Waals surface area contributed by atoms with Gasteiger partial charge in [0.15, 0.2) is 0 Å². The van der Waals surface area contributed by atoms with Crippen LogP contribution in [-0.2, 0) is 10.0 Å². The van der Waals surface area contributed by atoms with E-state index < -0.39 is 10.0 Å². The third-order valence-corrected chi connectivity index (χ3v) is 5.98. The Kier molecular flexibility index (Phi) is 4.66. The Labute approximate surface area is 151 Å². The molecular formula is C17H20N4O2S2. The van der Waals surface area contributed by atoms with Crippen LogP contribution >= 0.6 is 11.5 Å². The number of hydrogen-bond acceptors (Lipinski definition) is 6. The van der Waals surface area contributed by atoms with Crippen molar-refractivity contribution in [1.29, 1.82) is 0 Å². The van der Waals surface area contributed by atoms with Crippen molar-refractivity contribution in [2.45, 2.75) is 24.7 Å². The standard InChI is InChI=1S/C17H20N4O2S2/c1-11(2)16-18-17(24-19-16)20-25(22,23)15-10-6-7-12-13(15)8-5-9-14(12)21(3)4/h5-11H,1-4H3,(H,18,19,20). The van der Waals surface area contributed by atoms with Crippen LogP contribution in [0.3, 0.4) is 0 Å². The summed E-state index contributed by atoms with van der Waals surface area (Å²) in [6.07, 6.45) is 0. The molecule has 2 aromatic carbocycles.